The molecule has 0 aromatic heterocycles. The smallest absolute Gasteiger partial charge is 0.384 e. The molecule has 0 fully saturated rings. The summed E-state index contributed by atoms with van der Waals surface area (Å²) in [6.07, 6.45) is 4.91. The van der Waals surface area contributed by atoms with Crippen molar-refractivity contribution in [1.29, 1.82) is 5.41 Å². The number of esters is 1. The molecule has 0 saturated carbocycles. The second-order valence-corrected chi connectivity index (χ2v) is 9.36. The Balaban J connectivity index is 2.30. The maximum Gasteiger partial charge on any atom is 0.384 e. The number of benzene rings is 1. The molecule has 3 rings (SSSR count). The molecular weight excluding hydrogens is 455 g/mol. The van der Waals surface area contributed by atoms with Crippen LogP contribution in [-0.2, 0) is 30.2 Å². The van der Waals surface area contributed by atoms with Crippen LogP contribution in [0.15, 0.2) is 36.4 Å². The molecule has 10 heteroatoms. The van der Waals surface area contributed by atoms with Crippen LogP contribution in [0.1, 0.15) is 25.8 Å². The van der Waals surface area contributed by atoms with Gasteiger partial charge in [0.15, 0.2) is 5.78 Å². The number of carbonyl (C=O) groups is 3. The maximum absolute atomic E-state index is 13.1. The average molecular weight is 487 g/mol. The van der Waals surface area contributed by atoms with Gasteiger partial charge in [-0.3, -0.25) is 19.8 Å². The fraction of sp³-hybridized carbons (Fsp3) is 0.500. The Morgan fingerprint density at radius 1 is 1.24 bits per heavy atom. The van der Waals surface area contributed by atoms with Crippen molar-refractivity contribution in [2.24, 2.45) is 11.8 Å². The van der Waals surface area contributed by atoms with E-state index in [1.165, 1.54) is 26.4 Å². The van der Waals surface area contributed by atoms with Crippen LogP contribution in [0.25, 0.3) is 0 Å². The number of ketones is 1. The summed E-state index contributed by atoms with van der Waals surface area (Å²) in [7, 11) is 2.59. The summed E-state index contributed by atoms with van der Waals surface area (Å²) in [6.45, 7) is 4.09. The number of carbonyl (C=O) groups excluding carboxylic acids is 3. The standard InChI is InChI=1S/C24H32BN2O6S/c1-16(2)22-21(28)13-18(24(30)31-3)14-34-11-5-4-10-32-19-8-6-17(7-9-19)12-20(23(29)27-22)25-33-15-26/h4-9,15-16,18,20,22,26H,10-14H2,1-3H3,(H,27,29)/t18-,20-,22-/m0/s1. The first-order valence-electron chi connectivity index (χ1n) is 11.2. The van der Waals surface area contributed by atoms with Gasteiger partial charge in [0.25, 0.3) is 0 Å². The van der Waals surface area contributed by atoms with Gasteiger partial charge in [-0.25, -0.2) is 0 Å². The third-order valence-corrected chi connectivity index (χ3v) is 6.43. The van der Waals surface area contributed by atoms with E-state index in [0.29, 0.717) is 30.3 Å². The number of nitrogens with one attached hydrogen (secondary N) is 2. The SMILES string of the molecule is COC(=O)[C@@H]1CSCC=CCOc2ccc(cc2)C[C@H]([B]OC=N)C(=O)N[C@@H](C(C)C)C(=O)C1. The number of methoxy groups -OCH3 is 1. The van der Waals surface area contributed by atoms with Crippen LogP contribution in [0.2, 0.25) is 5.82 Å². The van der Waals surface area contributed by atoms with Crippen LogP contribution in [0, 0.1) is 17.2 Å². The van der Waals surface area contributed by atoms with Crippen LogP contribution in [0.4, 0.5) is 0 Å². The van der Waals surface area contributed by atoms with Crippen molar-refractivity contribution >= 4 is 43.3 Å². The lowest BCUT2D eigenvalue weighted by Crippen LogP contribution is -2.47. The van der Waals surface area contributed by atoms with Gasteiger partial charge >= 0.3 is 13.5 Å². The molecule has 1 aromatic rings. The van der Waals surface area contributed by atoms with Gasteiger partial charge in [0.05, 0.1) is 24.9 Å². The predicted molar refractivity (Wildman–Crippen MR) is 133 cm³/mol. The van der Waals surface area contributed by atoms with Crippen molar-refractivity contribution in [2.75, 3.05) is 25.2 Å². The summed E-state index contributed by atoms with van der Waals surface area (Å²) >= 11 is 1.52. The van der Waals surface area contributed by atoms with Gasteiger partial charge in [0.2, 0.25) is 5.91 Å². The van der Waals surface area contributed by atoms with E-state index < -0.39 is 23.7 Å². The number of ether oxygens (including phenoxy) is 2. The molecule has 1 radical (unpaired) electrons. The Morgan fingerprint density at radius 2 is 1.97 bits per heavy atom. The lowest BCUT2D eigenvalue weighted by molar-refractivity contribution is -0.146. The fourth-order valence-corrected chi connectivity index (χ4v) is 4.44. The molecule has 0 unspecified atom stereocenters. The highest BCUT2D eigenvalue weighted by atomic mass is 32.2. The Kier molecular flexibility index (Phi) is 11.7. The maximum atomic E-state index is 13.1. The normalized spacial score (nSPS) is 22.5. The van der Waals surface area contributed by atoms with E-state index in [1.807, 2.05) is 50.3 Å². The third kappa shape index (κ3) is 8.89. The molecule has 2 heterocycles. The second kappa shape index (κ2) is 14.5. The van der Waals surface area contributed by atoms with E-state index in [2.05, 4.69) is 5.32 Å². The predicted octanol–water partition coefficient (Wildman–Crippen LogP) is 2.83. The van der Waals surface area contributed by atoms with Crippen LogP contribution >= 0.6 is 11.8 Å². The van der Waals surface area contributed by atoms with Gasteiger partial charge in [0.1, 0.15) is 18.8 Å². The lowest BCUT2D eigenvalue weighted by Gasteiger charge is -2.25. The number of fused-ring (bicyclic) bond motifs is 15. The van der Waals surface area contributed by atoms with Gasteiger partial charge in [-0.15, -0.1) is 0 Å². The first kappa shape index (κ1) is 27.5. The number of hydrogen-bond acceptors (Lipinski definition) is 8. The van der Waals surface area contributed by atoms with Crippen LogP contribution in [0.3, 0.4) is 0 Å². The summed E-state index contributed by atoms with van der Waals surface area (Å²) < 4.78 is 15.6. The molecule has 2 aliphatic heterocycles. The van der Waals surface area contributed by atoms with Crippen molar-refractivity contribution in [3.63, 3.8) is 0 Å². The molecule has 0 spiro atoms. The van der Waals surface area contributed by atoms with Crippen molar-refractivity contribution in [3.05, 3.63) is 42.0 Å². The summed E-state index contributed by atoms with van der Waals surface area (Å²) in [4.78, 5) is 38.6. The molecule has 0 aliphatic carbocycles. The Hall–Kier alpha value is -2.75. The fourth-order valence-electron chi connectivity index (χ4n) is 3.50. The number of rotatable bonds is 5. The first-order chi connectivity index (χ1) is 16.3. The van der Waals surface area contributed by atoms with E-state index in [9.17, 15) is 14.4 Å². The lowest BCUT2D eigenvalue weighted by atomic mass is 9.74. The molecular formula is C24H32BN2O6S. The molecule has 2 N–H and O–H groups in total. The molecule has 183 valence electrons. The minimum Gasteiger partial charge on any atom is -0.555 e. The van der Waals surface area contributed by atoms with Crippen molar-refractivity contribution in [2.45, 2.75) is 38.5 Å². The van der Waals surface area contributed by atoms with Gasteiger partial charge in [-0.2, -0.15) is 11.8 Å². The molecule has 1 aromatic carbocycles. The molecule has 2 bridgehead atoms. The zero-order chi connectivity index (χ0) is 24.9. The molecule has 1 amide bonds. The molecule has 34 heavy (non-hydrogen) atoms. The average Bonchev–Trinajstić information content (AvgIpc) is 2.83. The summed E-state index contributed by atoms with van der Waals surface area (Å²) in [5, 5.41) is 9.97. The minimum atomic E-state index is -0.765. The van der Waals surface area contributed by atoms with E-state index in [0.717, 1.165) is 12.0 Å². The van der Waals surface area contributed by atoms with E-state index in [4.69, 9.17) is 19.5 Å². The van der Waals surface area contributed by atoms with Crippen molar-refractivity contribution < 1.29 is 28.5 Å². The number of Topliss-reactive ketones (excluding diaryl/α,β-unsaturated/α-hetero) is 1. The van der Waals surface area contributed by atoms with E-state index in [-0.39, 0.29) is 24.0 Å². The van der Waals surface area contributed by atoms with Crippen LogP contribution < -0.4 is 10.1 Å². The largest absolute Gasteiger partial charge is 0.555 e. The number of amides is 1. The van der Waals surface area contributed by atoms with Crippen LogP contribution in [0.5, 0.6) is 5.75 Å². The number of hydrogen-bond donors (Lipinski definition) is 2. The van der Waals surface area contributed by atoms with Gasteiger partial charge in [-0.1, -0.05) is 38.1 Å². The zero-order valence-electron chi connectivity index (χ0n) is 19.8. The van der Waals surface area contributed by atoms with Gasteiger partial charge < -0.3 is 19.4 Å². The molecule has 0 saturated heterocycles. The van der Waals surface area contributed by atoms with Gasteiger partial charge in [0, 0.05) is 17.9 Å². The molecule has 2 aliphatic rings. The van der Waals surface area contributed by atoms with E-state index >= 15 is 0 Å². The Labute approximate surface area is 206 Å². The topological polar surface area (TPSA) is 115 Å². The third-order valence-electron chi connectivity index (χ3n) is 5.37. The quantitative estimate of drug-likeness (QED) is 0.216. The highest BCUT2D eigenvalue weighted by molar-refractivity contribution is 7.99. The van der Waals surface area contributed by atoms with Gasteiger partial charge in [-0.05, 0) is 30.0 Å². The monoisotopic (exact) mass is 487 g/mol. The van der Waals surface area contributed by atoms with E-state index in [1.54, 1.807) is 0 Å². The van der Waals surface area contributed by atoms with Crippen molar-refractivity contribution in [3.8, 4) is 5.75 Å². The number of thioether (sulfide) groups is 1. The highest BCUT2D eigenvalue weighted by Gasteiger charge is 2.32. The summed E-state index contributed by atoms with van der Waals surface area (Å²) in [5.41, 5.74) is 0.875. The van der Waals surface area contributed by atoms with Crippen LogP contribution in [-0.4, -0.2) is 62.8 Å². The highest BCUT2D eigenvalue weighted by Crippen LogP contribution is 2.21. The molecule has 3 atom stereocenters. The summed E-state index contributed by atoms with van der Waals surface area (Å²) in [6, 6.07) is 6.64. The Morgan fingerprint density at radius 3 is 2.62 bits per heavy atom. The zero-order valence-corrected chi connectivity index (χ0v) is 20.6. The second-order valence-electron chi connectivity index (χ2n) is 8.29. The molecule has 8 nitrogen and oxygen atoms in total. The summed E-state index contributed by atoms with van der Waals surface area (Å²) in [5.74, 6) is -0.772. The first-order valence-corrected chi connectivity index (χ1v) is 12.3. The van der Waals surface area contributed by atoms with Crippen molar-refractivity contribution in [1.82, 2.24) is 5.32 Å². The Bertz CT molecular complexity index is 862. The minimum absolute atomic E-state index is 0.0256.